The lowest BCUT2D eigenvalue weighted by molar-refractivity contribution is -0.137. The van der Waals surface area contributed by atoms with Crippen molar-refractivity contribution in [2.75, 3.05) is 0 Å². The van der Waals surface area contributed by atoms with Gasteiger partial charge < -0.3 is 4.98 Å². The molecule has 0 saturated heterocycles. The summed E-state index contributed by atoms with van der Waals surface area (Å²) in [6.07, 6.45) is -3.16. The maximum atomic E-state index is 12.3. The molecule has 3 nitrogen and oxygen atoms in total. The second kappa shape index (κ2) is 3.08. The van der Waals surface area contributed by atoms with E-state index in [4.69, 9.17) is 0 Å². The van der Waals surface area contributed by atoms with Gasteiger partial charge in [0.1, 0.15) is 0 Å². The van der Waals surface area contributed by atoms with Crippen LogP contribution in [0.15, 0.2) is 18.3 Å². The number of alkyl halides is 3. The zero-order chi connectivity index (χ0) is 11.1. The number of nitrogens with one attached hydrogen (secondary N) is 1. The Bertz CT molecular complexity index is 516. The number of H-pyrrole nitrogens is 1. The number of hydrogen-bond donors (Lipinski definition) is 1. The van der Waals surface area contributed by atoms with E-state index in [2.05, 4.69) is 9.97 Å². The fourth-order valence-corrected chi connectivity index (χ4v) is 1.25. The molecule has 78 valence electrons. The summed E-state index contributed by atoms with van der Waals surface area (Å²) in [6.45, 7) is 0. The lowest BCUT2D eigenvalue weighted by Crippen LogP contribution is -2.04. The maximum Gasteiger partial charge on any atom is 0.417 e. The van der Waals surface area contributed by atoms with Gasteiger partial charge in [0.2, 0.25) is 0 Å². The van der Waals surface area contributed by atoms with Gasteiger partial charge >= 0.3 is 6.18 Å². The van der Waals surface area contributed by atoms with E-state index in [-0.39, 0.29) is 11.2 Å². The zero-order valence-electron chi connectivity index (χ0n) is 7.30. The molecular formula is C9H5F3N2O. The summed E-state index contributed by atoms with van der Waals surface area (Å²) >= 11 is 0. The van der Waals surface area contributed by atoms with Gasteiger partial charge in [-0.1, -0.05) is 0 Å². The Balaban J connectivity index is 2.60. The van der Waals surface area contributed by atoms with Crippen molar-refractivity contribution in [2.24, 2.45) is 0 Å². The molecule has 0 bridgehead atoms. The first kappa shape index (κ1) is 9.70. The van der Waals surface area contributed by atoms with E-state index >= 15 is 0 Å². The zero-order valence-corrected chi connectivity index (χ0v) is 7.30. The van der Waals surface area contributed by atoms with Gasteiger partial charge in [-0.2, -0.15) is 13.2 Å². The van der Waals surface area contributed by atoms with Crippen LogP contribution in [0.1, 0.15) is 16.1 Å². The summed E-state index contributed by atoms with van der Waals surface area (Å²) in [5, 5.41) is 0. The van der Waals surface area contributed by atoms with E-state index < -0.39 is 11.7 Å². The maximum absolute atomic E-state index is 12.3. The van der Waals surface area contributed by atoms with E-state index in [0.29, 0.717) is 11.8 Å². The Morgan fingerprint density at radius 1 is 1.33 bits per heavy atom. The number of aromatic amines is 1. The second-order valence-electron chi connectivity index (χ2n) is 3.00. The summed E-state index contributed by atoms with van der Waals surface area (Å²) in [4.78, 5) is 16.5. The van der Waals surface area contributed by atoms with Crippen LogP contribution in [0.2, 0.25) is 0 Å². The molecule has 15 heavy (non-hydrogen) atoms. The number of aromatic nitrogens is 2. The normalized spacial score (nSPS) is 11.9. The van der Waals surface area contributed by atoms with E-state index in [1.807, 2.05) is 0 Å². The van der Waals surface area contributed by atoms with Gasteiger partial charge in [0, 0.05) is 6.20 Å². The molecule has 0 aliphatic carbocycles. The number of nitrogens with zero attached hydrogens (tertiary/aromatic N) is 1. The van der Waals surface area contributed by atoms with Crippen LogP contribution in [0.4, 0.5) is 13.2 Å². The van der Waals surface area contributed by atoms with Crippen LogP contribution in [0, 0.1) is 0 Å². The SMILES string of the molecule is O=Cc1cc2ncc(C(F)(F)F)cc2[nH]1. The molecule has 0 fully saturated rings. The molecule has 0 aliphatic rings. The summed E-state index contributed by atoms with van der Waals surface area (Å²) in [7, 11) is 0. The highest BCUT2D eigenvalue weighted by molar-refractivity contribution is 5.85. The first-order valence-electron chi connectivity index (χ1n) is 4.02. The molecule has 2 rings (SSSR count). The first-order chi connectivity index (χ1) is 7.00. The second-order valence-corrected chi connectivity index (χ2v) is 3.00. The standard InChI is InChI=1S/C9H5F3N2O/c10-9(11,12)5-1-8-7(13-3-5)2-6(4-15)14-8/h1-4,14H. The van der Waals surface area contributed by atoms with Crippen LogP contribution in [-0.2, 0) is 6.18 Å². The van der Waals surface area contributed by atoms with Crippen LogP contribution in [0.25, 0.3) is 11.0 Å². The molecule has 0 aliphatic heterocycles. The molecule has 2 aromatic rings. The fraction of sp³-hybridized carbons (Fsp3) is 0.111. The summed E-state index contributed by atoms with van der Waals surface area (Å²) in [6, 6.07) is 2.32. The minimum atomic E-state index is -4.42. The summed E-state index contributed by atoms with van der Waals surface area (Å²) in [5.74, 6) is 0. The van der Waals surface area contributed by atoms with Crippen LogP contribution >= 0.6 is 0 Å². The van der Waals surface area contributed by atoms with Gasteiger partial charge in [0.05, 0.1) is 22.3 Å². The average Bonchev–Trinajstić information content (AvgIpc) is 2.57. The molecule has 0 spiro atoms. The largest absolute Gasteiger partial charge is 0.417 e. The predicted molar refractivity (Wildman–Crippen MR) is 46.5 cm³/mol. The minimum Gasteiger partial charge on any atom is -0.351 e. The van der Waals surface area contributed by atoms with Crippen molar-refractivity contribution >= 4 is 17.3 Å². The predicted octanol–water partition coefficient (Wildman–Crippen LogP) is 2.39. The molecule has 0 atom stereocenters. The fourth-order valence-electron chi connectivity index (χ4n) is 1.25. The monoisotopic (exact) mass is 214 g/mol. The van der Waals surface area contributed by atoms with Crippen LogP contribution in [-0.4, -0.2) is 16.3 Å². The van der Waals surface area contributed by atoms with Crippen LogP contribution in [0.3, 0.4) is 0 Å². The molecule has 0 radical (unpaired) electrons. The number of rotatable bonds is 1. The molecule has 0 saturated carbocycles. The Morgan fingerprint density at radius 3 is 2.67 bits per heavy atom. The number of pyridine rings is 1. The highest BCUT2D eigenvalue weighted by Gasteiger charge is 2.31. The summed E-state index contributed by atoms with van der Waals surface area (Å²) < 4.78 is 36.8. The van der Waals surface area contributed by atoms with Gasteiger partial charge in [0.15, 0.2) is 6.29 Å². The van der Waals surface area contributed by atoms with Crippen molar-refractivity contribution in [3.63, 3.8) is 0 Å². The van der Waals surface area contributed by atoms with Crippen LogP contribution in [0.5, 0.6) is 0 Å². The molecule has 0 unspecified atom stereocenters. The van der Waals surface area contributed by atoms with Gasteiger partial charge in [0.25, 0.3) is 0 Å². The van der Waals surface area contributed by atoms with E-state index in [9.17, 15) is 18.0 Å². The molecule has 2 aromatic heterocycles. The third-order valence-electron chi connectivity index (χ3n) is 1.94. The molecule has 6 heteroatoms. The molecule has 2 heterocycles. The van der Waals surface area contributed by atoms with Gasteiger partial charge in [-0.3, -0.25) is 9.78 Å². The Hall–Kier alpha value is -1.85. The van der Waals surface area contributed by atoms with Crippen molar-refractivity contribution in [3.05, 3.63) is 29.6 Å². The Morgan fingerprint density at radius 2 is 2.07 bits per heavy atom. The van der Waals surface area contributed by atoms with Gasteiger partial charge in [-0.05, 0) is 12.1 Å². The van der Waals surface area contributed by atoms with Crippen molar-refractivity contribution in [1.82, 2.24) is 9.97 Å². The summed E-state index contributed by atoms with van der Waals surface area (Å²) in [5.41, 5.74) is -0.0943. The van der Waals surface area contributed by atoms with E-state index in [1.165, 1.54) is 6.07 Å². The van der Waals surface area contributed by atoms with Gasteiger partial charge in [-0.25, -0.2) is 0 Å². The number of halogens is 3. The first-order valence-corrected chi connectivity index (χ1v) is 4.02. The van der Waals surface area contributed by atoms with Gasteiger partial charge in [-0.15, -0.1) is 0 Å². The van der Waals surface area contributed by atoms with Crippen LogP contribution < -0.4 is 0 Å². The number of hydrogen-bond acceptors (Lipinski definition) is 2. The number of carbonyl (C=O) groups is 1. The molecule has 0 amide bonds. The Labute approximate surface area is 81.9 Å². The van der Waals surface area contributed by atoms with E-state index in [0.717, 1.165) is 12.3 Å². The van der Waals surface area contributed by atoms with Crippen molar-refractivity contribution < 1.29 is 18.0 Å². The number of aldehydes is 1. The average molecular weight is 214 g/mol. The van der Waals surface area contributed by atoms with Crippen molar-refractivity contribution in [1.29, 1.82) is 0 Å². The lowest BCUT2D eigenvalue weighted by Gasteiger charge is -2.04. The highest BCUT2D eigenvalue weighted by Crippen LogP contribution is 2.30. The Kier molecular flexibility index (Phi) is 1.99. The smallest absolute Gasteiger partial charge is 0.351 e. The quantitative estimate of drug-likeness (QED) is 0.741. The number of carbonyl (C=O) groups excluding carboxylic acids is 1. The number of fused-ring (bicyclic) bond motifs is 1. The van der Waals surface area contributed by atoms with Crippen molar-refractivity contribution in [3.8, 4) is 0 Å². The van der Waals surface area contributed by atoms with Crippen molar-refractivity contribution in [2.45, 2.75) is 6.18 Å². The topological polar surface area (TPSA) is 45.8 Å². The molecular weight excluding hydrogens is 209 g/mol. The third kappa shape index (κ3) is 1.70. The molecule has 0 aromatic carbocycles. The van der Waals surface area contributed by atoms with E-state index in [1.54, 1.807) is 0 Å². The third-order valence-corrected chi connectivity index (χ3v) is 1.94. The molecule has 1 N–H and O–H groups in total. The minimum absolute atomic E-state index is 0.201. The lowest BCUT2D eigenvalue weighted by atomic mass is 10.2. The highest BCUT2D eigenvalue weighted by atomic mass is 19.4.